The lowest BCUT2D eigenvalue weighted by molar-refractivity contribution is -0.129. The maximum absolute atomic E-state index is 13.6. The molecule has 34 heavy (non-hydrogen) atoms. The number of amides is 1. The molecule has 1 fully saturated rings. The second-order valence-electron chi connectivity index (χ2n) is 8.46. The van der Waals surface area contributed by atoms with E-state index in [4.69, 9.17) is 11.6 Å². The molecule has 0 bridgehead atoms. The molecule has 0 N–H and O–H groups in total. The zero-order valence-electron chi connectivity index (χ0n) is 19.3. The van der Waals surface area contributed by atoms with Crippen LogP contribution in [0, 0.1) is 13.8 Å². The van der Waals surface area contributed by atoms with E-state index >= 15 is 0 Å². The van der Waals surface area contributed by atoms with Crippen LogP contribution in [0.25, 0.3) is 0 Å². The van der Waals surface area contributed by atoms with E-state index in [9.17, 15) is 13.2 Å². The molecule has 6 nitrogen and oxygen atoms in total. The van der Waals surface area contributed by atoms with Crippen molar-refractivity contribution in [2.45, 2.75) is 18.7 Å². The predicted octanol–water partition coefficient (Wildman–Crippen LogP) is 4.50. The normalized spacial score (nSPS) is 14.2. The summed E-state index contributed by atoms with van der Waals surface area (Å²) in [7, 11) is -3.92. The summed E-state index contributed by atoms with van der Waals surface area (Å²) in [5.74, 6) is -0.218. The number of sulfonamides is 1. The number of benzene rings is 3. The highest BCUT2D eigenvalue weighted by atomic mass is 35.5. The van der Waals surface area contributed by atoms with Gasteiger partial charge in [0.05, 0.1) is 10.6 Å². The van der Waals surface area contributed by atoms with Crippen molar-refractivity contribution < 1.29 is 13.2 Å². The van der Waals surface area contributed by atoms with Gasteiger partial charge in [0.2, 0.25) is 5.91 Å². The van der Waals surface area contributed by atoms with Gasteiger partial charge in [-0.05, 0) is 55.8 Å². The molecule has 1 aliphatic rings. The molecule has 0 aliphatic carbocycles. The number of hydrogen-bond donors (Lipinski definition) is 0. The number of aryl methyl sites for hydroxylation is 2. The summed E-state index contributed by atoms with van der Waals surface area (Å²) in [6, 6.07) is 21.6. The molecule has 0 aromatic heterocycles. The van der Waals surface area contributed by atoms with Gasteiger partial charge in [-0.1, -0.05) is 53.6 Å². The van der Waals surface area contributed by atoms with E-state index in [1.807, 2.05) is 50.2 Å². The Morgan fingerprint density at radius 3 is 2.24 bits per heavy atom. The van der Waals surface area contributed by atoms with E-state index in [0.717, 1.165) is 16.8 Å². The third-order valence-electron chi connectivity index (χ3n) is 6.08. The fourth-order valence-electron chi connectivity index (χ4n) is 4.09. The van der Waals surface area contributed by atoms with Crippen molar-refractivity contribution in [3.63, 3.8) is 0 Å². The van der Waals surface area contributed by atoms with Gasteiger partial charge >= 0.3 is 0 Å². The van der Waals surface area contributed by atoms with Crippen molar-refractivity contribution in [3.05, 3.63) is 88.9 Å². The quantitative estimate of drug-likeness (QED) is 0.503. The standard InChI is InChI=1S/C26H28ClN3O3S/c1-20-10-12-24(13-11-20)34(32,33)30(25-9-4-3-6-21(25)2)19-26(31)29-16-14-28(15-17-29)23-8-5-7-22(27)18-23/h3-13,18H,14-17,19H2,1-2H3. The minimum absolute atomic E-state index is 0.167. The number of carbonyl (C=O) groups is 1. The largest absolute Gasteiger partial charge is 0.368 e. The van der Waals surface area contributed by atoms with Crippen LogP contribution in [0.15, 0.2) is 77.7 Å². The number of anilines is 2. The van der Waals surface area contributed by atoms with Crippen molar-refractivity contribution in [1.82, 2.24) is 4.90 Å². The first-order chi connectivity index (χ1) is 16.3. The van der Waals surface area contributed by atoms with Gasteiger partial charge in [-0.25, -0.2) is 8.42 Å². The summed E-state index contributed by atoms with van der Waals surface area (Å²) in [6.45, 7) is 5.83. The summed E-state index contributed by atoms with van der Waals surface area (Å²) in [4.78, 5) is 17.4. The number of piperazine rings is 1. The van der Waals surface area contributed by atoms with Crippen molar-refractivity contribution in [1.29, 1.82) is 0 Å². The number of nitrogens with zero attached hydrogens (tertiary/aromatic N) is 3. The van der Waals surface area contributed by atoms with Crippen molar-refractivity contribution in [3.8, 4) is 0 Å². The van der Waals surface area contributed by atoms with Crippen molar-refractivity contribution >= 4 is 38.9 Å². The molecule has 3 aromatic carbocycles. The van der Waals surface area contributed by atoms with E-state index in [1.54, 1.807) is 41.3 Å². The molecule has 0 spiro atoms. The number of carbonyl (C=O) groups excluding carboxylic acids is 1. The van der Waals surface area contributed by atoms with Crippen LogP contribution < -0.4 is 9.21 Å². The zero-order chi connectivity index (χ0) is 24.3. The monoisotopic (exact) mass is 497 g/mol. The van der Waals surface area contributed by atoms with Crippen molar-refractivity contribution in [2.75, 3.05) is 41.9 Å². The third kappa shape index (κ3) is 5.21. The number of rotatable bonds is 6. The molecule has 0 unspecified atom stereocenters. The van der Waals surface area contributed by atoms with Crippen LogP contribution in [0.4, 0.5) is 11.4 Å². The number of halogens is 1. The van der Waals surface area contributed by atoms with Gasteiger partial charge in [0.1, 0.15) is 6.54 Å². The molecule has 1 amide bonds. The SMILES string of the molecule is Cc1ccc(S(=O)(=O)N(CC(=O)N2CCN(c3cccc(Cl)c3)CC2)c2ccccc2C)cc1. The summed E-state index contributed by atoms with van der Waals surface area (Å²) in [5.41, 5.74) is 3.28. The van der Waals surface area contributed by atoms with Crippen LogP contribution in [-0.2, 0) is 14.8 Å². The van der Waals surface area contributed by atoms with Crippen LogP contribution in [0.5, 0.6) is 0 Å². The van der Waals surface area contributed by atoms with E-state index in [-0.39, 0.29) is 17.3 Å². The molecule has 0 radical (unpaired) electrons. The van der Waals surface area contributed by atoms with Crippen molar-refractivity contribution in [2.24, 2.45) is 0 Å². The van der Waals surface area contributed by atoms with Gasteiger partial charge in [0.15, 0.2) is 0 Å². The molecule has 178 valence electrons. The molecule has 1 heterocycles. The third-order valence-corrected chi connectivity index (χ3v) is 8.09. The lowest BCUT2D eigenvalue weighted by atomic mass is 10.2. The van der Waals surface area contributed by atoms with Gasteiger partial charge in [-0.2, -0.15) is 0 Å². The van der Waals surface area contributed by atoms with Gasteiger partial charge in [0.25, 0.3) is 10.0 Å². The Balaban J connectivity index is 1.54. The predicted molar refractivity (Wildman–Crippen MR) is 137 cm³/mol. The number of hydrogen-bond acceptors (Lipinski definition) is 4. The van der Waals surface area contributed by atoms with Crippen LogP contribution >= 0.6 is 11.6 Å². The van der Waals surface area contributed by atoms with E-state index < -0.39 is 10.0 Å². The highest BCUT2D eigenvalue weighted by Gasteiger charge is 2.31. The van der Waals surface area contributed by atoms with Crippen LogP contribution in [0.1, 0.15) is 11.1 Å². The second kappa shape index (κ2) is 10.1. The van der Waals surface area contributed by atoms with E-state index in [2.05, 4.69) is 4.90 Å². The average molecular weight is 498 g/mol. The summed E-state index contributed by atoms with van der Waals surface area (Å²) >= 11 is 6.12. The summed E-state index contributed by atoms with van der Waals surface area (Å²) in [5, 5.41) is 0.672. The molecular formula is C26H28ClN3O3S. The Hall–Kier alpha value is -3.03. The van der Waals surface area contributed by atoms with Gasteiger partial charge in [-0.15, -0.1) is 0 Å². The first-order valence-electron chi connectivity index (χ1n) is 11.2. The Morgan fingerprint density at radius 1 is 0.912 bits per heavy atom. The molecule has 0 saturated carbocycles. The molecule has 4 rings (SSSR count). The maximum Gasteiger partial charge on any atom is 0.264 e. The Kier molecular flexibility index (Phi) is 7.14. The topological polar surface area (TPSA) is 60.9 Å². The second-order valence-corrected chi connectivity index (χ2v) is 10.8. The smallest absolute Gasteiger partial charge is 0.264 e. The molecule has 1 saturated heterocycles. The minimum atomic E-state index is -3.92. The molecule has 3 aromatic rings. The fourth-order valence-corrected chi connectivity index (χ4v) is 5.75. The molecule has 8 heteroatoms. The van der Waals surface area contributed by atoms with Gasteiger partial charge in [-0.3, -0.25) is 9.10 Å². The average Bonchev–Trinajstić information content (AvgIpc) is 2.83. The van der Waals surface area contributed by atoms with E-state index in [0.29, 0.717) is 36.9 Å². The molecule has 0 atom stereocenters. The maximum atomic E-state index is 13.6. The highest BCUT2D eigenvalue weighted by Crippen LogP contribution is 2.27. The van der Waals surface area contributed by atoms with Crippen LogP contribution in [-0.4, -0.2) is 51.9 Å². The Labute approximate surface area is 206 Å². The Bertz CT molecular complexity index is 1270. The summed E-state index contributed by atoms with van der Waals surface area (Å²) < 4.78 is 28.5. The number of para-hydroxylation sites is 1. The molecule has 1 aliphatic heterocycles. The fraction of sp³-hybridized carbons (Fsp3) is 0.269. The lowest BCUT2D eigenvalue weighted by Gasteiger charge is -2.37. The van der Waals surface area contributed by atoms with Crippen LogP contribution in [0.3, 0.4) is 0 Å². The highest BCUT2D eigenvalue weighted by molar-refractivity contribution is 7.92. The Morgan fingerprint density at radius 2 is 1.59 bits per heavy atom. The first kappa shape index (κ1) is 24.1. The lowest BCUT2D eigenvalue weighted by Crippen LogP contribution is -2.52. The van der Waals surface area contributed by atoms with E-state index in [1.165, 1.54) is 4.31 Å². The minimum Gasteiger partial charge on any atom is -0.368 e. The summed E-state index contributed by atoms with van der Waals surface area (Å²) in [6.07, 6.45) is 0. The first-order valence-corrected chi connectivity index (χ1v) is 13.0. The van der Waals surface area contributed by atoms with Gasteiger partial charge in [0, 0.05) is 36.9 Å². The zero-order valence-corrected chi connectivity index (χ0v) is 20.9. The van der Waals surface area contributed by atoms with Gasteiger partial charge < -0.3 is 9.80 Å². The molecular weight excluding hydrogens is 470 g/mol. The van der Waals surface area contributed by atoms with Crippen LogP contribution in [0.2, 0.25) is 5.02 Å².